The molecular formula is C48H62F2N2S5. The molecular weight excluding hydrogens is 803 g/mol. The summed E-state index contributed by atoms with van der Waals surface area (Å²) in [5.74, 6) is -1.03. The minimum absolute atomic E-state index is 0.220. The van der Waals surface area contributed by atoms with Crippen molar-refractivity contribution in [2.75, 3.05) is 0 Å². The number of thiophene rings is 4. The van der Waals surface area contributed by atoms with Crippen molar-refractivity contribution in [2.24, 2.45) is 5.92 Å². The number of halogens is 2. The number of benzene rings is 1. The Labute approximate surface area is 361 Å². The first-order valence-electron chi connectivity index (χ1n) is 21.9. The van der Waals surface area contributed by atoms with Gasteiger partial charge < -0.3 is 0 Å². The summed E-state index contributed by atoms with van der Waals surface area (Å²) in [7, 11) is 0. The van der Waals surface area contributed by atoms with Crippen molar-refractivity contribution < 1.29 is 8.78 Å². The number of aromatic nitrogens is 2. The molecule has 0 fully saturated rings. The molecule has 5 heterocycles. The van der Waals surface area contributed by atoms with Gasteiger partial charge in [0.05, 0.1) is 22.9 Å². The molecule has 0 aliphatic heterocycles. The smallest absolute Gasteiger partial charge is 0.170 e. The number of rotatable bonds is 26. The number of nitrogens with zero attached hydrogens (tertiary/aromatic N) is 2. The summed E-state index contributed by atoms with van der Waals surface area (Å²) in [5.41, 5.74) is 2.67. The number of unbranched alkanes of at least 4 members (excludes halogenated alkanes) is 16. The zero-order chi connectivity index (χ0) is 40.0. The first-order valence-corrected chi connectivity index (χ1v) is 25.9. The predicted octanol–water partition coefficient (Wildman–Crippen LogP) is 18.5. The third-order valence-corrected chi connectivity index (χ3v) is 16.7. The van der Waals surface area contributed by atoms with E-state index in [0.717, 1.165) is 32.8 Å². The minimum Gasteiger partial charge on any atom is -0.203 e. The summed E-state index contributed by atoms with van der Waals surface area (Å²) in [5, 5.41) is 0. The van der Waals surface area contributed by atoms with E-state index in [1.165, 1.54) is 165 Å². The molecule has 9 heteroatoms. The average Bonchev–Trinajstić information content (AvgIpc) is 4.06. The van der Waals surface area contributed by atoms with Gasteiger partial charge in [0.25, 0.3) is 0 Å². The molecule has 308 valence electrons. The zero-order valence-electron chi connectivity index (χ0n) is 34.7. The van der Waals surface area contributed by atoms with E-state index in [0.29, 0.717) is 21.8 Å². The number of fused-ring (bicyclic) bond motifs is 1. The van der Waals surface area contributed by atoms with Gasteiger partial charge >= 0.3 is 0 Å². The van der Waals surface area contributed by atoms with Crippen LogP contribution in [0.5, 0.6) is 0 Å². The molecule has 6 aromatic rings. The third kappa shape index (κ3) is 12.1. The van der Waals surface area contributed by atoms with E-state index in [-0.39, 0.29) is 11.1 Å². The van der Waals surface area contributed by atoms with Crippen molar-refractivity contribution in [3.05, 3.63) is 69.4 Å². The first-order chi connectivity index (χ1) is 27.9. The second-order valence-corrected chi connectivity index (χ2v) is 21.3. The molecule has 57 heavy (non-hydrogen) atoms. The SMILES string of the molecule is CCCCCCCCCCCCC(CCCCCCCCCC)Cc1cc(-c2c(F)c(F)c(-c3ccc(-c4ccc(-c5ccc(C)s5)s4)s3)c3nsnc23)sc1C. The van der Waals surface area contributed by atoms with Crippen molar-refractivity contribution in [1.82, 2.24) is 8.75 Å². The van der Waals surface area contributed by atoms with Crippen molar-refractivity contribution in [1.29, 1.82) is 0 Å². The van der Waals surface area contributed by atoms with Gasteiger partial charge in [-0.3, -0.25) is 0 Å². The first kappa shape index (κ1) is 44.3. The summed E-state index contributed by atoms with van der Waals surface area (Å²) in [4.78, 5) is 8.54. The second-order valence-electron chi connectivity index (χ2n) is 16.1. The summed E-state index contributed by atoms with van der Waals surface area (Å²) in [6.45, 7) is 8.84. The molecule has 1 unspecified atom stereocenters. The van der Waals surface area contributed by atoms with Crippen LogP contribution in [0.25, 0.3) is 51.4 Å². The third-order valence-electron chi connectivity index (χ3n) is 11.5. The van der Waals surface area contributed by atoms with Crippen LogP contribution in [0.1, 0.15) is 158 Å². The van der Waals surface area contributed by atoms with E-state index in [1.54, 1.807) is 34.0 Å². The van der Waals surface area contributed by atoms with Crippen LogP contribution in [-0.2, 0) is 6.42 Å². The van der Waals surface area contributed by atoms with Gasteiger partial charge in [0.1, 0.15) is 11.0 Å². The lowest BCUT2D eigenvalue weighted by Gasteiger charge is -2.17. The van der Waals surface area contributed by atoms with E-state index in [2.05, 4.69) is 66.8 Å². The lowest BCUT2D eigenvalue weighted by atomic mass is 9.88. The Morgan fingerprint density at radius 3 is 1.40 bits per heavy atom. The highest BCUT2D eigenvalue weighted by Gasteiger charge is 2.28. The van der Waals surface area contributed by atoms with Gasteiger partial charge in [-0.05, 0) is 74.2 Å². The molecule has 0 saturated heterocycles. The monoisotopic (exact) mass is 864 g/mol. The average molecular weight is 865 g/mol. The largest absolute Gasteiger partial charge is 0.203 e. The maximum absolute atomic E-state index is 16.5. The van der Waals surface area contributed by atoms with E-state index < -0.39 is 11.6 Å². The van der Waals surface area contributed by atoms with Crippen molar-refractivity contribution in [3.8, 4) is 40.4 Å². The fourth-order valence-corrected chi connectivity index (χ4v) is 12.9. The van der Waals surface area contributed by atoms with Crippen LogP contribution in [0.3, 0.4) is 0 Å². The molecule has 0 saturated carbocycles. The molecule has 0 aliphatic carbocycles. The Hall–Kier alpha value is -2.30. The summed E-state index contributed by atoms with van der Waals surface area (Å²) in [6, 6.07) is 14.6. The lowest BCUT2D eigenvalue weighted by molar-refractivity contribution is 0.399. The molecule has 1 aromatic carbocycles. The van der Waals surface area contributed by atoms with E-state index in [1.807, 2.05) is 12.1 Å². The fourth-order valence-electron chi connectivity index (χ4n) is 8.16. The van der Waals surface area contributed by atoms with E-state index in [4.69, 9.17) is 0 Å². The van der Waals surface area contributed by atoms with Gasteiger partial charge in [-0.1, -0.05) is 142 Å². The zero-order valence-corrected chi connectivity index (χ0v) is 38.7. The highest BCUT2D eigenvalue weighted by molar-refractivity contribution is 7.27. The number of hydrogen-bond donors (Lipinski definition) is 0. The van der Waals surface area contributed by atoms with Crippen LogP contribution in [0.4, 0.5) is 8.78 Å². The van der Waals surface area contributed by atoms with E-state index in [9.17, 15) is 0 Å². The molecule has 0 aliphatic rings. The Morgan fingerprint density at radius 1 is 0.491 bits per heavy atom. The number of hydrogen-bond acceptors (Lipinski definition) is 7. The maximum atomic E-state index is 16.5. The number of aryl methyl sites for hydroxylation is 2. The Kier molecular flexibility index (Phi) is 17.8. The molecule has 5 aromatic heterocycles. The highest BCUT2D eigenvalue weighted by Crippen LogP contribution is 2.47. The lowest BCUT2D eigenvalue weighted by Crippen LogP contribution is -2.05. The Bertz CT molecular complexity index is 2100. The summed E-state index contributed by atoms with van der Waals surface area (Å²) in [6.07, 6.45) is 27.7. The van der Waals surface area contributed by atoms with Crippen molar-refractivity contribution >= 4 is 68.1 Å². The Morgan fingerprint density at radius 2 is 0.912 bits per heavy atom. The van der Waals surface area contributed by atoms with Crippen LogP contribution < -0.4 is 0 Å². The van der Waals surface area contributed by atoms with E-state index >= 15 is 8.78 Å². The van der Waals surface area contributed by atoms with Crippen molar-refractivity contribution in [2.45, 2.75) is 163 Å². The van der Waals surface area contributed by atoms with Gasteiger partial charge in [-0.2, -0.15) is 8.75 Å². The van der Waals surface area contributed by atoms with Gasteiger partial charge in [0, 0.05) is 39.0 Å². The molecule has 6 rings (SSSR count). The highest BCUT2D eigenvalue weighted by atomic mass is 32.1. The normalized spacial score (nSPS) is 12.4. The van der Waals surface area contributed by atoms with Crippen LogP contribution >= 0.6 is 57.1 Å². The quantitative estimate of drug-likeness (QED) is 0.0508. The van der Waals surface area contributed by atoms with Gasteiger partial charge in [-0.25, -0.2) is 8.78 Å². The predicted molar refractivity (Wildman–Crippen MR) is 251 cm³/mol. The van der Waals surface area contributed by atoms with Gasteiger partial charge in [-0.15, -0.1) is 45.3 Å². The van der Waals surface area contributed by atoms with Crippen LogP contribution in [-0.4, -0.2) is 8.75 Å². The van der Waals surface area contributed by atoms with Crippen LogP contribution in [0, 0.1) is 31.4 Å². The van der Waals surface area contributed by atoms with Gasteiger partial charge in [0.15, 0.2) is 11.6 Å². The molecule has 0 bridgehead atoms. The Balaban J connectivity index is 1.14. The van der Waals surface area contributed by atoms with Crippen molar-refractivity contribution in [3.63, 3.8) is 0 Å². The molecule has 0 amide bonds. The maximum Gasteiger partial charge on any atom is 0.170 e. The topological polar surface area (TPSA) is 25.8 Å². The van der Waals surface area contributed by atoms with Crippen LogP contribution in [0.15, 0.2) is 42.5 Å². The molecule has 0 spiro atoms. The fraction of sp³-hybridized carbons (Fsp3) is 0.542. The minimum atomic E-state index is -0.833. The standard InChI is InChI=1S/C48H62F2N2S5/c1-5-7-9-11-13-15-16-18-20-22-24-35(23-21-19-17-14-12-10-8-6-2)31-36-32-42(54-34(36)4)44-46(50)45(49)43(47-48(44)52-57-51-47)41-30-29-40(56-41)39-28-27-38(55-39)37-26-25-33(3)53-37/h25-30,32,35H,5-24,31H2,1-4H3. The molecule has 2 nitrogen and oxygen atoms in total. The second kappa shape index (κ2) is 22.9. The molecule has 0 N–H and O–H groups in total. The summed E-state index contributed by atoms with van der Waals surface area (Å²) >= 11 is 7.61. The molecule has 0 radical (unpaired) electrons. The summed E-state index contributed by atoms with van der Waals surface area (Å²) < 4.78 is 42.0. The molecule has 1 atom stereocenters. The van der Waals surface area contributed by atoms with Crippen LogP contribution in [0.2, 0.25) is 0 Å². The van der Waals surface area contributed by atoms with Gasteiger partial charge in [0.2, 0.25) is 0 Å².